The molecule has 240 valence electrons. The molecule has 0 radical (unpaired) electrons. The third-order valence-electron chi connectivity index (χ3n) is 8.18. The maximum Gasteiger partial charge on any atom is 0.419 e. The van der Waals surface area contributed by atoms with E-state index in [9.17, 15) is 29.7 Å². The number of aliphatic hydroxyl groups is 1. The fraction of sp³-hybridized carbons (Fsp3) is 0.194. The number of rotatable bonds is 12. The molecule has 47 heavy (non-hydrogen) atoms. The van der Waals surface area contributed by atoms with Crippen molar-refractivity contribution in [1.82, 2.24) is 14.9 Å². The number of carboxylic acid groups (broad SMARTS) is 1. The lowest BCUT2D eigenvalue weighted by atomic mass is 9.99. The Balaban J connectivity index is 1.05. The Hall–Kier alpha value is -5.65. The number of aryl methyl sites for hydroxylation is 2. The zero-order valence-electron chi connectivity index (χ0n) is 25.4. The van der Waals surface area contributed by atoms with Crippen molar-refractivity contribution in [2.75, 3.05) is 18.4 Å². The van der Waals surface area contributed by atoms with E-state index in [1.54, 1.807) is 16.7 Å². The summed E-state index contributed by atoms with van der Waals surface area (Å²) in [6.45, 7) is 1.25. The monoisotopic (exact) mass is 634 g/mol. The van der Waals surface area contributed by atoms with E-state index in [1.165, 1.54) is 12.1 Å². The molecule has 0 spiro atoms. The van der Waals surface area contributed by atoms with Gasteiger partial charge in [0.25, 0.3) is 0 Å². The van der Waals surface area contributed by atoms with Crippen molar-refractivity contribution in [2.45, 2.75) is 31.9 Å². The van der Waals surface area contributed by atoms with Gasteiger partial charge in [-0.25, -0.2) is 9.59 Å². The van der Waals surface area contributed by atoms with Gasteiger partial charge in [0.2, 0.25) is 5.56 Å². The van der Waals surface area contributed by atoms with Crippen molar-refractivity contribution in [1.29, 1.82) is 0 Å². The van der Waals surface area contributed by atoms with E-state index >= 15 is 0 Å². The van der Waals surface area contributed by atoms with Gasteiger partial charge >= 0.3 is 11.8 Å². The van der Waals surface area contributed by atoms with Gasteiger partial charge < -0.3 is 30.0 Å². The number of H-pyrrole nitrogens is 1. The van der Waals surface area contributed by atoms with Gasteiger partial charge in [0.15, 0.2) is 5.58 Å². The number of oxazole rings is 1. The van der Waals surface area contributed by atoms with E-state index in [1.807, 2.05) is 66.7 Å². The number of aromatic amines is 1. The van der Waals surface area contributed by atoms with E-state index in [2.05, 4.69) is 15.6 Å². The molecular formula is C36H34N4O7. The van der Waals surface area contributed by atoms with Crippen LogP contribution < -0.4 is 21.9 Å². The summed E-state index contributed by atoms with van der Waals surface area (Å²) in [6, 6.07) is 27.0. The number of pyridine rings is 1. The average molecular weight is 635 g/mol. The van der Waals surface area contributed by atoms with Crippen LogP contribution in [0, 0.1) is 0 Å². The number of fused-ring (bicyclic) bond motifs is 2. The van der Waals surface area contributed by atoms with Crippen molar-refractivity contribution in [2.24, 2.45) is 0 Å². The summed E-state index contributed by atoms with van der Waals surface area (Å²) >= 11 is 0. The fourth-order valence-electron chi connectivity index (χ4n) is 5.89. The number of hydrogen-bond acceptors (Lipinski definition) is 7. The van der Waals surface area contributed by atoms with Crippen molar-refractivity contribution in [3.8, 4) is 16.9 Å². The van der Waals surface area contributed by atoms with Crippen LogP contribution in [0.5, 0.6) is 5.75 Å². The smallest absolute Gasteiger partial charge is 0.419 e. The quantitative estimate of drug-likeness (QED) is 0.0973. The number of nitrogens with zero attached hydrogens (tertiary/aromatic N) is 1. The van der Waals surface area contributed by atoms with E-state index in [4.69, 9.17) is 4.42 Å². The molecule has 0 fully saturated rings. The summed E-state index contributed by atoms with van der Waals surface area (Å²) in [6.07, 6.45) is -0.0826. The van der Waals surface area contributed by atoms with E-state index in [-0.39, 0.29) is 23.4 Å². The first-order valence-electron chi connectivity index (χ1n) is 15.3. The van der Waals surface area contributed by atoms with Crippen LogP contribution in [0.25, 0.3) is 33.1 Å². The molecule has 11 nitrogen and oxygen atoms in total. The average Bonchev–Trinajstić information content (AvgIpc) is 3.37. The molecule has 2 heterocycles. The molecule has 6 rings (SSSR count). The molecule has 0 aliphatic heterocycles. The summed E-state index contributed by atoms with van der Waals surface area (Å²) in [5.74, 6) is -0.496. The molecule has 6 aromatic rings. The summed E-state index contributed by atoms with van der Waals surface area (Å²) in [7, 11) is 0. The lowest BCUT2D eigenvalue weighted by molar-refractivity contribution is 0.176. The highest BCUT2D eigenvalue weighted by Gasteiger charge is 2.15. The fourth-order valence-corrected chi connectivity index (χ4v) is 5.89. The largest absolute Gasteiger partial charge is 0.506 e. The first-order valence-corrected chi connectivity index (χ1v) is 15.3. The summed E-state index contributed by atoms with van der Waals surface area (Å²) < 4.78 is 7.17. The number of hydrogen-bond donors (Lipinski definition) is 6. The molecule has 1 atom stereocenters. The van der Waals surface area contributed by atoms with Crippen LogP contribution >= 0.6 is 0 Å². The molecule has 0 aliphatic rings. The minimum Gasteiger partial charge on any atom is -0.506 e. The number of benzene rings is 4. The topological polar surface area (TPSA) is 170 Å². The van der Waals surface area contributed by atoms with Gasteiger partial charge in [-0.1, -0.05) is 54.6 Å². The lowest BCUT2D eigenvalue weighted by Crippen LogP contribution is -2.24. The van der Waals surface area contributed by atoms with Gasteiger partial charge in [0.05, 0.1) is 22.8 Å². The lowest BCUT2D eigenvalue weighted by Gasteiger charge is -2.15. The second-order valence-corrected chi connectivity index (χ2v) is 11.4. The van der Waals surface area contributed by atoms with Gasteiger partial charge in [0.1, 0.15) is 5.75 Å². The van der Waals surface area contributed by atoms with Crippen LogP contribution in [0.1, 0.15) is 29.2 Å². The Morgan fingerprint density at radius 2 is 1.70 bits per heavy atom. The first kappa shape index (κ1) is 31.3. The standard InChI is InChI=1S/C36H34N4O7/c41-30-14-11-26(27-12-15-33(43)39-34(27)30)31(42)21-37-17-16-23-9-13-29-32(20-23)47-36(46)40(29)18-4-5-22-8-10-25(24-6-2-1-3-7-24)28(19-22)38-35(44)45/h1-3,6-15,19-20,31,37-38,41-42H,4-5,16-18,21H2,(H,39,43)(H,44,45). The molecule has 0 saturated carbocycles. The third-order valence-corrected chi connectivity index (χ3v) is 8.18. The number of aliphatic hydroxyl groups excluding tert-OH is 1. The Kier molecular flexibility index (Phi) is 9.18. The molecule has 6 N–H and O–H groups in total. The second kappa shape index (κ2) is 13.8. The normalized spacial score (nSPS) is 12.0. The first-order chi connectivity index (χ1) is 22.8. The molecule has 0 saturated heterocycles. The van der Waals surface area contributed by atoms with Crippen LogP contribution in [0.15, 0.2) is 105 Å². The number of aromatic hydroxyl groups is 1. The highest BCUT2D eigenvalue weighted by Crippen LogP contribution is 2.30. The number of amides is 1. The van der Waals surface area contributed by atoms with Gasteiger partial charge in [-0.3, -0.25) is 14.7 Å². The summed E-state index contributed by atoms with van der Waals surface area (Å²) in [4.78, 5) is 38.4. The van der Waals surface area contributed by atoms with Crippen molar-refractivity contribution in [3.05, 3.63) is 129 Å². The van der Waals surface area contributed by atoms with Crippen molar-refractivity contribution < 1.29 is 24.5 Å². The SMILES string of the molecule is O=C(O)Nc1cc(CCCn2c(=O)oc3cc(CCNCC(O)c4ccc(O)c5[nH]c(=O)ccc45)ccc32)ccc1-c1ccccc1. The highest BCUT2D eigenvalue weighted by atomic mass is 16.4. The van der Waals surface area contributed by atoms with E-state index in [0.717, 1.165) is 22.3 Å². The van der Waals surface area contributed by atoms with Crippen LogP contribution in [0.4, 0.5) is 10.5 Å². The number of phenolic OH excluding ortho intramolecular Hbond substituents is 1. The summed E-state index contributed by atoms with van der Waals surface area (Å²) in [5.41, 5.74) is 5.86. The number of anilines is 1. The van der Waals surface area contributed by atoms with Crippen LogP contribution in [-0.4, -0.2) is 44.1 Å². The summed E-state index contributed by atoms with van der Waals surface area (Å²) in [5, 5.41) is 36.6. The Morgan fingerprint density at radius 1 is 0.915 bits per heavy atom. The molecule has 4 aromatic carbocycles. The van der Waals surface area contributed by atoms with Gasteiger partial charge in [-0.15, -0.1) is 0 Å². The number of phenols is 1. The van der Waals surface area contributed by atoms with Crippen LogP contribution in [0.2, 0.25) is 0 Å². The second-order valence-electron chi connectivity index (χ2n) is 11.4. The zero-order valence-corrected chi connectivity index (χ0v) is 25.4. The molecule has 0 bridgehead atoms. The van der Waals surface area contributed by atoms with Gasteiger partial charge in [-0.05, 0) is 78.4 Å². The number of carbonyl (C=O) groups is 1. The van der Waals surface area contributed by atoms with Crippen LogP contribution in [0.3, 0.4) is 0 Å². The Bertz CT molecular complexity index is 2170. The molecule has 0 aliphatic carbocycles. The molecule has 2 aromatic heterocycles. The molecule has 1 unspecified atom stereocenters. The predicted octanol–water partition coefficient (Wildman–Crippen LogP) is 5.40. The van der Waals surface area contributed by atoms with Gasteiger partial charge in [-0.2, -0.15) is 0 Å². The minimum atomic E-state index is -1.13. The Morgan fingerprint density at radius 3 is 2.51 bits per heavy atom. The molecule has 1 amide bonds. The van der Waals surface area contributed by atoms with Gasteiger partial charge in [0, 0.05) is 30.1 Å². The maximum atomic E-state index is 12.7. The molecular weight excluding hydrogens is 600 g/mol. The van der Waals surface area contributed by atoms with E-state index < -0.39 is 18.0 Å². The number of aromatic nitrogens is 2. The maximum absolute atomic E-state index is 12.7. The van der Waals surface area contributed by atoms with E-state index in [0.29, 0.717) is 60.1 Å². The Labute approximate surface area is 268 Å². The number of nitrogens with one attached hydrogen (secondary N) is 3. The van der Waals surface area contributed by atoms with Crippen LogP contribution in [-0.2, 0) is 19.4 Å². The minimum absolute atomic E-state index is 0.0598. The van der Waals surface area contributed by atoms with Crippen molar-refractivity contribution in [3.63, 3.8) is 0 Å². The predicted molar refractivity (Wildman–Crippen MR) is 180 cm³/mol. The zero-order chi connectivity index (χ0) is 32.9. The van der Waals surface area contributed by atoms with Crippen molar-refractivity contribution >= 4 is 33.8 Å². The highest BCUT2D eigenvalue weighted by molar-refractivity contribution is 5.91. The third kappa shape index (κ3) is 7.11. The molecule has 11 heteroatoms.